The monoisotopic (exact) mass is 411 g/mol. The van der Waals surface area contributed by atoms with Crippen LogP contribution in [0.15, 0.2) is 76.6 Å². The number of aryl methyl sites for hydroxylation is 1. The molecule has 3 aromatic rings. The normalized spacial score (nSPS) is 12.2. The molecule has 2 nitrogen and oxygen atoms in total. The molecule has 25 heavy (non-hydrogen) atoms. The Morgan fingerprint density at radius 2 is 1.68 bits per heavy atom. The predicted octanol–water partition coefficient (Wildman–Crippen LogP) is 5.74. The van der Waals surface area contributed by atoms with Crippen LogP contribution in [0.4, 0.5) is 0 Å². The smallest absolute Gasteiger partial charge is 0.244 e. The second-order valence-corrected chi connectivity index (χ2v) is 8.23. The Morgan fingerprint density at radius 3 is 2.32 bits per heavy atom. The average molecular weight is 412 g/mol. The lowest BCUT2D eigenvalue weighted by Gasteiger charge is -2.19. The van der Waals surface area contributed by atoms with E-state index < -0.39 is 0 Å². The molecule has 3 rings (SSSR count). The van der Waals surface area contributed by atoms with Gasteiger partial charge >= 0.3 is 0 Å². The van der Waals surface area contributed by atoms with Gasteiger partial charge in [-0.1, -0.05) is 60.2 Å². The summed E-state index contributed by atoms with van der Waals surface area (Å²) in [6.45, 7) is 2.06. The Bertz CT molecular complexity index is 868. The summed E-state index contributed by atoms with van der Waals surface area (Å²) >= 11 is 5.02. The molecule has 1 aromatic heterocycles. The molecule has 4 heteroatoms. The van der Waals surface area contributed by atoms with Gasteiger partial charge < -0.3 is 5.32 Å². The second-order valence-electron chi connectivity index (χ2n) is 5.74. The number of nitrogens with one attached hydrogen (secondary N) is 1. The molecule has 0 radical (unpaired) electrons. The van der Waals surface area contributed by atoms with Gasteiger partial charge in [0.1, 0.15) is 0 Å². The van der Waals surface area contributed by atoms with E-state index in [1.807, 2.05) is 48.5 Å². The topological polar surface area (TPSA) is 29.1 Å². The van der Waals surface area contributed by atoms with Crippen LogP contribution in [0, 0.1) is 6.92 Å². The van der Waals surface area contributed by atoms with Crippen LogP contribution < -0.4 is 5.32 Å². The van der Waals surface area contributed by atoms with E-state index in [9.17, 15) is 4.79 Å². The van der Waals surface area contributed by atoms with E-state index in [0.29, 0.717) is 0 Å². The Hall–Kier alpha value is -2.17. The third-order valence-corrected chi connectivity index (χ3v) is 5.41. The molecule has 0 aliphatic rings. The molecule has 0 aliphatic heterocycles. The van der Waals surface area contributed by atoms with E-state index in [1.165, 1.54) is 5.56 Å². The zero-order chi connectivity index (χ0) is 17.6. The summed E-state index contributed by atoms with van der Waals surface area (Å²) in [7, 11) is 0. The zero-order valence-corrected chi connectivity index (χ0v) is 16.2. The molecule has 0 spiro atoms. The van der Waals surface area contributed by atoms with Crippen molar-refractivity contribution in [2.75, 3.05) is 0 Å². The van der Waals surface area contributed by atoms with Crippen LogP contribution in [0.1, 0.15) is 27.6 Å². The van der Waals surface area contributed by atoms with Crippen LogP contribution in [0.25, 0.3) is 6.08 Å². The molecule has 126 valence electrons. The minimum atomic E-state index is -0.172. The predicted molar refractivity (Wildman–Crippen MR) is 109 cm³/mol. The van der Waals surface area contributed by atoms with Gasteiger partial charge in [-0.15, -0.1) is 11.3 Å². The molecular weight excluding hydrogens is 394 g/mol. The Morgan fingerprint density at radius 1 is 1.00 bits per heavy atom. The number of carbonyl (C=O) groups excluding carboxylic acids is 1. The average Bonchev–Trinajstić information content (AvgIpc) is 3.05. The number of halogens is 1. The van der Waals surface area contributed by atoms with Crippen LogP contribution in [-0.2, 0) is 4.79 Å². The first kappa shape index (κ1) is 17.6. The minimum absolute atomic E-state index is 0.112. The SMILES string of the molecule is Cc1ccc(C(NC(=O)/C=C/c2ccc(Br)s2)c2ccccc2)cc1. The fourth-order valence-corrected chi connectivity index (χ4v) is 3.86. The Balaban J connectivity index is 1.81. The summed E-state index contributed by atoms with van der Waals surface area (Å²) < 4.78 is 1.05. The van der Waals surface area contributed by atoms with Gasteiger partial charge in [0.05, 0.1) is 9.83 Å². The first-order valence-electron chi connectivity index (χ1n) is 7.97. The molecule has 1 unspecified atom stereocenters. The standard InChI is InChI=1S/C21H18BrNOS/c1-15-7-9-17(10-8-15)21(16-5-3-2-4-6-16)23-20(24)14-12-18-11-13-19(22)25-18/h2-14,21H,1H3,(H,23,24)/b14-12+. The molecule has 1 N–H and O–H groups in total. The highest BCUT2D eigenvalue weighted by Crippen LogP contribution is 2.24. The van der Waals surface area contributed by atoms with Gasteiger partial charge in [-0.3, -0.25) is 4.79 Å². The van der Waals surface area contributed by atoms with Crippen molar-refractivity contribution in [1.82, 2.24) is 5.32 Å². The summed E-state index contributed by atoms with van der Waals surface area (Å²) in [5, 5.41) is 3.11. The highest BCUT2D eigenvalue weighted by Gasteiger charge is 2.15. The number of carbonyl (C=O) groups is 1. The van der Waals surface area contributed by atoms with Crippen molar-refractivity contribution in [3.8, 4) is 0 Å². The first-order chi connectivity index (χ1) is 12.1. The summed E-state index contributed by atoms with van der Waals surface area (Å²) in [6, 6.07) is 22.1. The molecule has 1 heterocycles. The van der Waals surface area contributed by atoms with E-state index in [0.717, 1.165) is 19.8 Å². The molecule has 0 bridgehead atoms. The fourth-order valence-electron chi connectivity index (χ4n) is 2.53. The van der Waals surface area contributed by atoms with Crippen LogP contribution >= 0.6 is 27.3 Å². The summed E-state index contributed by atoms with van der Waals surface area (Å²) in [5.74, 6) is -0.112. The van der Waals surface area contributed by atoms with E-state index in [4.69, 9.17) is 0 Å². The van der Waals surface area contributed by atoms with Crippen LogP contribution in [0.5, 0.6) is 0 Å². The zero-order valence-electron chi connectivity index (χ0n) is 13.8. The van der Waals surface area contributed by atoms with Crippen molar-refractivity contribution in [1.29, 1.82) is 0 Å². The molecule has 1 atom stereocenters. The molecule has 0 aliphatic carbocycles. The number of amides is 1. The lowest BCUT2D eigenvalue weighted by atomic mass is 9.98. The van der Waals surface area contributed by atoms with Gasteiger partial charge in [0.2, 0.25) is 5.91 Å². The van der Waals surface area contributed by atoms with Crippen LogP contribution in [0.2, 0.25) is 0 Å². The Kier molecular flexibility index (Phi) is 5.84. The van der Waals surface area contributed by atoms with Crippen LogP contribution in [-0.4, -0.2) is 5.91 Å². The first-order valence-corrected chi connectivity index (χ1v) is 9.58. The lowest BCUT2D eigenvalue weighted by molar-refractivity contribution is -0.116. The third kappa shape index (κ3) is 4.91. The van der Waals surface area contributed by atoms with E-state index >= 15 is 0 Å². The van der Waals surface area contributed by atoms with Crippen molar-refractivity contribution >= 4 is 39.2 Å². The minimum Gasteiger partial charge on any atom is -0.342 e. The van der Waals surface area contributed by atoms with Crippen molar-refractivity contribution in [2.24, 2.45) is 0 Å². The van der Waals surface area contributed by atoms with Crippen molar-refractivity contribution in [2.45, 2.75) is 13.0 Å². The molecule has 0 saturated heterocycles. The second kappa shape index (κ2) is 8.28. The number of rotatable bonds is 5. The maximum absolute atomic E-state index is 12.4. The fraction of sp³-hybridized carbons (Fsp3) is 0.0952. The third-order valence-electron chi connectivity index (χ3n) is 3.82. The molecule has 1 amide bonds. The number of thiophene rings is 1. The van der Waals surface area contributed by atoms with Crippen LogP contribution in [0.3, 0.4) is 0 Å². The van der Waals surface area contributed by atoms with Crippen molar-refractivity contribution in [3.63, 3.8) is 0 Å². The highest BCUT2D eigenvalue weighted by atomic mass is 79.9. The van der Waals surface area contributed by atoms with E-state index in [1.54, 1.807) is 17.4 Å². The van der Waals surface area contributed by atoms with Gasteiger partial charge in [-0.2, -0.15) is 0 Å². The van der Waals surface area contributed by atoms with E-state index in [2.05, 4.69) is 52.4 Å². The maximum atomic E-state index is 12.4. The van der Waals surface area contributed by atoms with Gasteiger partial charge in [0.25, 0.3) is 0 Å². The molecule has 0 saturated carbocycles. The number of hydrogen-bond donors (Lipinski definition) is 1. The summed E-state index contributed by atoms with van der Waals surface area (Å²) in [5.41, 5.74) is 3.33. The van der Waals surface area contributed by atoms with E-state index in [-0.39, 0.29) is 11.9 Å². The highest BCUT2D eigenvalue weighted by molar-refractivity contribution is 9.11. The molecule has 2 aromatic carbocycles. The van der Waals surface area contributed by atoms with Gasteiger partial charge in [0.15, 0.2) is 0 Å². The summed E-state index contributed by atoms with van der Waals surface area (Å²) in [4.78, 5) is 13.5. The van der Waals surface area contributed by atoms with Gasteiger partial charge in [-0.25, -0.2) is 0 Å². The van der Waals surface area contributed by atoms with Gasteiger partial charge in [0, 0.05) is 11.0 Å². The lowest BCUT2D eigenvalue weighted by Crippen LogP contribution is -2.27. The quantitative estimate of drug-likeness (QED) is 0.532. The Labute approximate surface area is 160 Å². The largest absolute Gasteiger partial charge is 0.342 e. The molecular formula is C21H18BrNOS. The van der Waals surface area contributed by atoms with Gasteiger partial charge in [-0.05, 0) is 52.2 Å². The van der Waals surface area contributed by atoms with Crippen molar-refractivity contribution in [3.05, 3.63) is 98.2 Å². The van der Waals surface area contributed by atoms with Crippen molar-refractivity contribution < 1.29 is 4.79 Å². The summed E-state index contributed by atoms with van der Waals surface area (Å²) in [6.07, 6.45) is 3.42. The number of benzene rings is 2. The number of hydrogen-bond acceptors (Lipinski definition) is 2. The maximum Gasteiger partial charge on any atom is 0.244 e. The molecule has 0 fully saturated rings.